The fourth-order valence-corrected chi connectivity index (χ4v) is 3.07. The largest absolute Gasteiger partial charge is 0.349 e. The van der Waals surface area contributed by atoms with Crippen LogP contribution in [0.5, 0.6) is 0 Å². The van der Waals surface area contributed by atoms with Gasteiger partial charge in [-0.15, -0.1) is 20.4 Å². The smallest absolute Gasteiger partial charge is 0.203 e. The summed E-state index contributed by atoms with van der Waals surface area (Å²) in [4.78, 5) is 6.58. The van der Waals surface area contributed by atoms with Gasteiger partial charge in [0.2, 0.25) is 5.82 Å². The highest BCUT2D eigenvalue weighted by atomic mass is 15.4. The number of pyridine rings is 1. The van der Waals surface area contributed by atoms with Crippen LogP contribution < -0.4 is 4.90 Å². The summed E-state index contributed by atoms with van der Waals surface area (Å²) >= 11 is 0. The Morgan fingerprint density at radius 2 is 2.00 bits per heavy atom. The van der Waals surface area contributed by atoms with Crippen LogP contribution in [0.1, 0.15) is 12.1 Å². The third-order valence-electron chi connectivity index (χ3n) is 4.32. The molecule has 0 unspecified atom stereocenters. The van der Waals surface area contributed by atoms with E-state index in [-0.39, 0.29) is 0 Å². The van der Waals surface area contributed by atoms with E-state index in [0.717, 1.165) is 43.3 Å². The zero-order valence-electron chi connectivity index (χ0n) is 13.4. The fourth-order valence-electron chi connectivity index (χ4n) is 3.07. The van der Waals surface area contributed by atoms with Crippen molar-refractivity contribution < 1.29 is 0 Å². The number of rotatable bonds is 2. The second-order valence-corrected chi connectivity index (χ2v) is 5.92. The van der Waals surface area contributed by atoms with Gasteiger partial charge in [0.15, 0.2) is 5.65 Å². The molecule has 4 aromatic heterocycles. The molecule has 4 aromatic rings. The molecule has 0 spiro atoms. The van der Waals surface area contributed by atoms with Crippen LogP contribution in [-0.2, 0) is 13.1 Å². The quantitative estimate of drug-likeness (QED) is 0.544. The van der Waals surface area contributed by atoms with E-state index in [0.29, 0.717) is 11.5 Å². The molecule has 5 rings (SSSR count). The average Bonchev–Trinajstić information content (AvgIpc) is 3.23. The van der Waals surface area contributed by atoms with E-state index >= 15 is 0 Å². The maximum absolute atomic E-state index is 4.76. The minimum atomic E-state index is 0.638. The van der Waals surface area contributed by atoms with Crippen molar-refractivity contribution in [2.24, 2.45) is 0 Å². The van der Waals surface area contributed by atoms with Crippen molar-refractivity contribution in [1.82, 2.24) is 39.8 Å². The Morgan fingerprint density at radius 3 is 2.92 bits per heavy atom. The zero-order chi connectivity index (χ0) is 16.6. The fraction of sp³-hybridized carbons (Fsp3) is 0.250. The topological polar surface area (TPSA) is 89.9 Å². The summed E-state index contributed by atoms with van der Waals surface area (Å²) in [6.07, 6.45) is 4.55. The molecular formula is C16H15N9. The van der Waals surface area contributed by atoms with Gasteiger partial charge in [-0.25, -0.2) is 4.68 Å². The predicted molar refractivity (Wildman–Crippen MR) is 89.7 cm³/mol. The van der Waals surface area contributed by atoms with E-state index in [1.165, 1.54) is 0 Å². The van der Waals surface area contributed by atoms with E-state index < -0.39 is 0 Å². The van der Waals surface area contributed by atoms with Gasteiger partial charge in [-0.1, -0.05) is 11.3 Å². The molecule has 124 valence electrons. The molecule has 5 heterocycles. The highest BCUT2D eigenvalue weighted by molar-refractivity contribution is 5.56. The van der Waals surface area contributed by atoms with Gasteiger partial charge in [0.05, 0.1) is 18.4 Å². The van der Waals surface area contributed by atoms with E-state index in [2.05, 4.69) is 30.4 Å². The van der Waals surface area contributed by atoms with Gasteiger partial charge in [-0.05, 0) is 30.7 Å². The molecule has 1 aliphatic heterocycles. The zero-order valence-corrected chi connectivity index (χ0v) is 13.4. The van der Waals surface area contributed by atoms with Gasteiger partial charge < -0.3 is 4.90 Å². The third-order valence-corrected chi connectivity index (χ3v) is 4.32. The summed E-state index contributed by atoms with van der Waals surface area (Å²) in [6, 6.07) is 9.62. The minimum Gasteiger partial charge on any atom is -0.349 e. The molecule has 0 N–H and O–H groups in total. The Hall–Kier alpha value is -3.36. The van der Waals surface area contributed by atoms with Crippen molar-refractivity contribution >= 4 is 11.5 Å². The molecule has 0 radical (unpaired) electrons. The number of hydrogen-bond donors (Lipinski definition) is 0. The summed E-state index contributed by atoms with van der Waals surface area (Å²) in [5, 5.41) is 21.3. The molecule has 0 aromatic carbocycles. The number of nitrogens with zero attached hydrogens (tertiary/aromatic N) is 9. The van der Waals surface area contributed by atoms with Gasteiger partial charge in [0.25, 0.3) is 0 Å². The second-order valence-electron chi connectivity index (χ2n) is 5.92. The van der Waals surface area contributed by atoms with Gasteiger partial charge in [0, 0.05) is 19.3 Å². The SMILES string of the molecule is c1ccc(-c2nnc3ccc(N4CCCn5nncc5C4)nn23)nc1. The number of aromatic nitrogens is 8. The highest BCUT2D eigenvalue weighted by Gasteiger charge is 2.18. The first kappa shape index (κ1) is 14.0. The monoisotopic (exact) mass is 333 g/mol. The molecule has 0 fully saturated rings. The van der Waals surface area contributed by atoms with Gasteiger partial charge in [-0.3, -0.25) is 4.98 Å². The van der Waals surface area contributed by atoms with Crippen LogP contribution in [0.25, 0.3) is 17.2 Å². The lowest BCUT2D eigenvalue weighted by atomic mass is 10.3. The molecule has 0 aliphatic carbocycles. The molecule has 25 heavy (non-hydrogen) atoms. The molecule has 0 saturated heterocycles. The maximum Gasteiger partial charge on any atom is 0.203 e. The van der Waals surface area contributed by atoms with Crippen LogP contribution in [0.15, 0.2) is 42.7 Å². The maximum atomic E-state index is 4.76. The van der Waals surface area contributed by atoms with Crippen LogP contribution in [-0.4, -0.2) is 46.3 Å². The van der Waals surface area contributed by atoms with E-state index in [9.17, 15) is 0 Å². The lowest BCUT2D eigenvalue weighted by molar-refractivity contribution is 0.569. The van der Waals surface area contributed by atoms with Gasteiger partial charge >= 0.3 is 0 Å². The van der Waals surface area contributed by atoms with Crippen LogP contribution in [0.4, 0.5) is 5.82 Å². The molecule has 0 atom stereocenters. The van der Waals surface area contributed by atoms with Crippen LogP contribution >= 0.6 is 0 Å². The van der Waals surface area contributed by atoms with E-state index in [4.69, 9.17) is 5.10 Å². The molecule has 0 saturated carbocycles. The summed E-state index contributed by atoms with van der Waals surface area (Å²) in [5.74, 6) is 1.51. The van der Waals surface area contributed by atoms with Crippen molar-refractivity contribution in [3.63, 3.8) is 0 Å². The van der Waals surface area contributed by atoms with E-state index in [1.807, 2.05) is 41.2 Å². The van der Waals surface area contributed by atoms with Crippen LogP contribution in [0.3, 0.4) is 0 Å². The Balaban J connectivity index is 1.56. The van der Waals surface area contributed by atoms with Crippen molar-refractivity contribution in [3.8, 4) is 11.5 Å². The lowest BCUT2D eigenvalue weighted by Crippen LogP contribution is -2.24. The normalized spacial score (nSPS) is 14.5. The van der Waals surface area contributed by atoms with Gasteiger partial charge in [0.1, 0.15) is 11.5 Å². The lowest BCUT2D eigenvalue weighted by Gasteiger charge is -2.20. The van der Waals surface area contributed by atoms with Gasteiger partial charge in [-0.2, -0.15) is 4.52 Å². The Labute approximate surface area is 142 Å². The van der Waals surface area contributed by atoms with Crippen molar-refractivity contribution in [2.45, 2.75) is 19.5 Å². The third kappa shape index (κ3) is 2.40. The predicted octanol–water partition coefficient (Wildman–Crippen LogP) is 1.19. The van der Waals surface area contributed by atoms with Crippen molar-refractivity contribution in [2.75, 3.05) is 11.4 Å². The number of hydrogen-bond acceptors (Lipinski definition) is 7. The molecule has 0 amide bonds. The first-order valence-electron chi connectivity index (χ1n) is 8.15. The number of anilines is 1. The molecule has 9 heteroatoms. The first-order chi connectivity index (χ1) is 12.4. The minimum absolute atomic E-state index is 0.638. The second kappa shape index (κ2) is 5.62. The molecule has 0 bridgehead atoms. The van der Waals surface area contributed by atoms with Crippen molar-refractivity contribution in [1.29, 1.82) is 0 Å². The Kier molecular flexibility index (Phi) is 3.15. The summed E-state index contributed by atoms with van der Waals surface area (Å²) in [7, 11) is 0. The van der Waals surface area contributed by atoms with Crippen molar-refractivity contribution in [3.05, 3.63) is 48.4 Å². The van der Waals surface area contributed by atoms with E-state index in [1.54, 1.807) is 10.7 Å². The highest BCUT2D eigenvalue weighted by Crippen LogP contribution is 2.20. The number of fused-ring (bicyclic) bond motifs is 2. The summed E-state index contributed by atoms with van der Waals surface area (Å²) < 4.78 is 3.70. The average molecular weight is 333 g/mol. The molecular weight excluding hydrogens is 318 g/mol. The first-order valence-corrected chi connectivity index (χ1v) is 8.15. The van der Waals surface area contributed by atoms with Crippen LogP contribution in [0.2, 0.25) is 0 Å². The Morgan fingerprint density at radius 1 is 1.00 bits per heavy atom. The molecule has 1 aliphatic rings. The van der Waals surface area contributed by atoms with Crippen LogP contribution in [0, 0.1) is 0 Å². The standard InChI is InChI=1S/C16H15N9/c1-2-7-17-13(4-1)16-20-19-14-5-6-15(21-25(14)16)23-8-3-9-24-12(11-23)10-18-22-24/h1-2,4-7,10H,3,8-9,11H2. The summed E-state index contributed by atoms with van der Waals surface area (Å²) in [5.41, 5.74) is 2.54. The summed E-state index contributed by atoms with van der Waals surface area (Å²) in [6.45, 7) is 2.51. The number of aryl methyl sites for hydroxylation is 1. The molecule has 9 nitrogen and oxygen atoms in total. The Bertz CT molecular complexity index is 1020.